The fourth-order valence-corrected chi connectivity index (χ4v) is 6.56. The lowest BCUT2D eigenvalue weighted by molar-refractivity contribution is -0.130. The lowest BCUT2D eigenvalue weighted by Crippen LogP contribution is -2.57. The van der Waals surface area contributed by atoms with Crippen LogP contribution < -0.4 is 0 Å². The predicted molar refractivity (Wildman–Crippen MR) is 188 cm³/mol. The van der Waals surface area contributed by atoms with E-state index in [1.807, 2.05) is 24.2 Å². The Morgan fingerprint density at radius 3 is 2.05 bits per heavy atom. The number of likely N-dealkylation sites (tertiary alicyclic amines) is 1. The van der Waals surface area contributed by atoms with E-state index >= 15 is 0 Å². The summed E-state index contributed by atoms with van der Waals surface area (Å²) in [5.41, 5.74) is 6.90. The molecule has 2 aliphatic rings. The summed E-state index contributed by atoms with van der Waals surface area (Å²) in [5.74, 6) is 1.30. The largest absolute Gasteiger partial charge is 0.392 e. The number of amides is 1. The van der Waals surface area contributed by atoms with Crippen molar-refractivity contribution in [1.29, 1.82) is 0 Å². The second kappa shape index (κ2) is 20.0. The molecule has 2 aromatic carbocycles. The van der Waals surface area contributed by atoms with Crippen molar-refractivity contribution in [2.75, 3.05) is 45.1 Å². The van der Waals surface area contributed by atoms with E-state index in [1.165, 1.54) is 27.8 Å². The normalized spacial score (nSPS) is 18.9. The number of thioether (sulfide) groups is 1. The van der Waals surface area contributed by atoms with Crippen LogP contribution in [-0.2, 0) is 17.6 Å². The van der Waals surface area contributed by atoms with Crippen LogP contribution in [0.4, 0.5) is 0 Å². The van der Waals surface area contributed by atoms with E-state index < -0.39 is 0 Å². The van der Waals surface area contributed by atoms with Crippen molar-refractivity contribution < 1.29 is 9.90 Å². The number of aliphatic hydroxyl groups is 1. The monoisotopic (exact) mass is 609 g/mol. The standard InChI is InChI=1S/C30H43N3O.C5H10OS.C2H6/c1-6-25-18-26(7-2)20-29(19-25)28-10-8-27(9-11-28)23(4)33-17-16-32(21-22(33)3)30-12-14-31(15-13-30)24(5)34;1-2-7-5-3-4-6;1-2/h8-11,18-20,22-23,30H,6-7,12-17,21H2,1-5H3;3,5-6H,2,4H2,1H3;1-2H3/b;5-3-;/t22-,23+;;/m1../s1. The molecule has 1 amide bonds. The number of carbonyl (C=O) groups is 1. The van der Waals surface area contributed by atoms with Crippen molar-refractivity contribution in [1.82, 2.24) is 14.7 Å². The minimum Gasteiger partial charge on any atom is -0.392 e. The number of piperidine rings is 1. The Bertz CT molecular complexity index is 1070. The summed E-state index contributed by atoms with van der Waals surface area (Å²) in [6, 6.07) is 17.9. The highest BCUT2D eigenvalue weighted by atomic mass is 32.2. The Labute approximate surface area is 267 Å². The summed E-state index contributed by atoms with van der Waals surface area (Å²) >= 11 is 1.69. The highest BCUT2D eigenvalue weighted by molar-refractivity contribution is 8.02. The van der Waals surface area contributed by atoms with E-state index in [0.717, 1.165) is 64.2 Å². The first kappa shape index (κ1) is 37.1. The van der Waals surface area contributed by atoms with Crippen molar-refractivity contribution >= 4 is 17.7 Å². The maximum absolute atomic E-state index is 11.7. The highest BCUT2D eigenvalue weighted by Crippen LogP contribution is 2.30. The predicted octanol–water partition coefficient (Wildman–Crippen LogP) is 7.83. The minimum atomic E-state index is 0.160. The van der Waals surface area contributed by atoms with Crippen molar-refractivity contribution in [3.63, 3.8) is 0 Å². The molecule has 1 N–H and O–H groups in total. The van der Waals surface area contributed by atoms with Gasteiger partial charge < -0.3 is 10.0 Å². The molecule has 5 nitrogen and oxygen atoms in total. The van der Waals surface area contributed by atoms with Gasteiger partial charge >= 0.3 is 0 Å². The number of benzene rings is 2. The lowest BCUT2D eigenvalue weighted by Gasteiger charge is -2.47. The van der Waals surface area contributed by atoms with Gasteiger partial charge in [0.25, 0.3) is 0 Å². The summed E-state index contributed by atoms with van der Waals surface area (Å²) in [7, 11) is 0. The number of rotatable bonds is 9. The number of piperazine rings is 1. The molecule has 2 atom stereocenters. The van der Waals surface area contributed by atoms with Crippen LogP contribution in [0.1, 0.15) is 91.0 Å². The van der Waals surface area contributed by atoms with Crippen LogP contribution in [0.5, 0.6) is 0 Å². The molecule has 2 aromatic rings. The highest BCUT2D eigenvalue weighted by Gasteiger charge is 2.33. The van der Waals surface area contributed by atoms with Crippen LogP contribution >= 0.6 is 11.8 Å². The van der Waals surface area contributed by atoms with Gasteiger partial charge in [0.1, 0.15) is 0 Å². The van der Waals surface area contributed by atoms with Crippen LogP contribution in [-0.4, -0.2) is 82.9 Å². The van der Waals surface area contributed by atoms with Gasteiger partial charge in [-0.3, -0.25) is 14.6 Å². The Hall–Kier alpha value is -2.12. The molecule has 6 heteroatoms. The average molecular weight is 610 g/mol. The number of aryl methyl sites for hydroxylation is 2. The molecular weight excluding hydrogens is 550 g/mol. The molecule has 0 saturated carbocycles. The quantitative estimate of drug-likeness (QED) is 0.314. The number of hydrogen-bond donors (Lipinski definition) is 1. The Morgan fingerprint density at radius 2 is 1.56 bits per heavy atom. The molecular formula is C37H59N3O2S. The maximum Gasteiger partial charge on any atom is 0.219 e. The molecule has 0 unspecified atom stereocenters. The molecule has 2 aliphatic heterocycles. The van der Waals surface area contributed by atoms with Gasteiger partial charge in [-0.25, -0.2) is 0 Å². The molecule has 0 spiro atoms. The first-order valence-electron chi connectivity index (χ1n) is 16.7. The summed E-state index contributed by atoms with van der Waals surface area (Å²) in [4.78, 5) is 19.0. The van der Waals surface area contributed by atoms with Gasteiger partial charge in [-0.2, -0.15) is 0 Å². The molecule has 2 saturated heterocycles. The van der Waals surface area contributed by atoms with Crippen molar-refractivity contribution in [2.24, 2.45) is 0 Å². The Balaban J connectivity index is 0.000000631. The van der Waals surface area contributed by atoms with Crippen LogP contribution in [0.3, 0.4) is 0 Å². The van der Waals surface area contributed by atoms with Gasteiger partial charge in [0.05, 0.1) is 6.61 Å². The zero-order chi connectivity index (χ0) is 31.8. The van der Waals surface area contributed by atoms with Crippen molar-refractivity contribution in [3.05, 3.63) is 70.6 Å². The van der Waals surface area contributed by atoms with Crippen molar-refractivity contribution in [3.8, 4) is 11.1 Å². The van der Waals surface area contributed by atoms with Crippen LogP contribution in [0.25, 0.3) is 11.1 Å². The van der Waals surface area contributed by atoms with Gasteiger partial charge in [-0.1, -0.05) is 83.2 Å². The summed E-state index contributed by atoms with van der Waals surface area (Å²) in [6.07, 6.45) is 6.12. The average Bonchev–Trinajstić information content (AvgIpc) is 3.05. The molecule has 240 valence electrons. The summed E-state index contributed by atoms with van der Waals surface area (Å²) in [6.45, 7) is 22.3. The van der Waals surface area contributed by atoms with E-state index in [1.54, 1.807) is 24.8 Å². The number of hydrogen-bond acceptors (Lipinski definition) is 5. The van der Waals surface area contributed by atoms with Gasteiger partial charge in [-0.05, 0) is 78.5 Å². The lowest BCUT2D eigenvalue weighted by atomic mass is 9.95. The van der Waals surface area contributed by atoms with E-state index in [-0.39, 0.29) is 12.5 Å². The summed E-state index contributed by atoms with van der Waals surface area (Å²) in [5, 5.41) is 10.1. The second-order valence-corrected chi connectivity index (χ2v) is 12.6. The number of carbonyl (C=O) groups excluding carboxylic acids is 1. The second-order valence-electron chi connectivity index (χ2n) is 11.4. The van der Waals surface area contributed by atoms with Crippen molar-refractivity contribution in [2.45, 2.75) is 99.2 Å². The summed E-state index contributed by atoms with van der Waals surface area (Å²) < 4.78 is 0. The van der Waals surface area contributed by atoms with Gasteiger partial charge in [0, 0.05) is 57.8 Å². The molecule has 2 fully saturated rings. The SMILES string of the molecule is CC.CCS/C=C\CO.CCc1cc(CC)cc(-c2ccc([C@H](C)N3CCN(C4CCN(C(C)=O)CC4)C[C@H]3C)cc2)c1. The first-order valence-corrected chi connectivity index (χ1v) is 17.7. The zero-order valence-electron chi connectivity index (χ0n) is 28.3. The number of aliphatic hydroxyl groups excluding tert-OH is 1. The van der Waals surface area contributed by atoms with E-state index in [4.69, 9.17) is 5.11 Å². The smallest absolute Gasteiger partial charge is 0.219 e. The Morgan fingerprint density at radius 1 is 0.953 bits per heavy atom. The molecule has 0 bridgehead atoms. The first-order chi connectivity index (χ1) is 20.8. The third-order valence-electron chi connectivity index (χ3n) is 8.69. The van der Waals surface area contributed by atoms with E-state index in [0.29, 0.717) is 18.1 Å². The fraction of sp³-hybridized carbons (Fsp3) is 0.595. The number of nitrogens with zero attached hydrogens (tertiary/aromatic N) is 3. The van der Waals surface area contributed by atoms with Gasteiger partial charge in [-0.15, -0.1) is 11.8 Å². The van der Waals surface area contributed by atoms with Crippen LogP contribution in [0, 0.1) is 0 Å². The molecule has 43 heavy (non-hydrogen) atoms. The van der Waals surface area contributed by atoms with Gasteiger partial charge in [0.15, 0.2) is 0 Å². The zero-order valence-corrected chi connectivity index (χ0v) is 29.1. The fourth-order valence-electron chi connectivity index (χ4n) is 6.14. The van der Waals surface area contributed by atoms with Crippen LogP contribution in [0.15, 0.2) is 53.9 Å². The topological polar surface area (TPSA) is 47.0 Å². The third-order valence-corrected chi connectivity index (χ3v) is 9.41. The van der Waals surface area contributed by atoms with E-state index in [2.05, 4.69) is 86.9 Å². The van der Waals surface area contributed by atoms with Gasteiger partial charge in [0.2, 0.25) is 5.91 Å². The maximum atomic E-state index is 11.7. The molecule has 0 aromatic heterocycles. The Kier molecular flexibility index (Phi) is 17.3. The molecule has 0 aliphatic carbocycles. The third kappa shape index (κ3) is 11.4. The van der Waals surface area contributed by atoms with E-state index in [9.17, 15) is 4.79 Å². The minimum absolute atomic E-state index is 0.160. The molecule has 4 rings (SSSR count). The molecule has 0 radical (unpaired) electrons. The van der Waals surface area contributed by atoms with Crippen LogP contribution in [0.2, 0.25) is 0 Å². The molecule has 2 heterocycles.